The van der Waals surface area contributed by atoms with Gasteiger partial charge in [-0.3, -0.25) is 4.79 Å². The Balaban J connectivity index is 1.59. The lowest BCUT2D eigenvalue weighted by molar-refractivity contribution is -0.125. The molecule has 0 saturated carbocycles. The number of hydrogen-bond acceptors (Lipinski definition) is 4. The third-order valence-electron chi connectivity index (χ3n) is 5.19. The Labute approximate surface area is 162 Å². The van der Waals surface area contributed by atoms with Gasteiger partial charge in [0, 0.05) is 25.2 Å². The summed E-state index contributed by atoms with van der Waals surface area (Å²) in [6.45, 7) is 6.68. The molecule has 1 saturated heterocycles. The number of benzene rings is 1. The maximum Gasteiger partial charge on any atom is 0.224 e. The van der Waals surface area contributed by atoms with Crippen LogP contribution in [0.5, 0.6) is 0 Å². The lowest BCUT2D eigenvalue weighted by Gasteiger charge is -2.32. The smallest absolute Gasteiger partial charge is 0.224 e. The Morgan fingerprint density at radius 2 is 1.96 bits per heavy atom. The molecule has 0 unspecified atom stereocenters. The topological polar surface area (TPSA) is 58.1 Å². The molecule has 1 aromatic heterocycles. The molecule has 1 aliphatic heterocycles. The van der Waals surface area contributed by atoms with Gasteiger partial charge in [0.05, 0.1) is 11.6 Å². The van der Waals surface area contributed by atoms with Gasteiger partial charge in [0.15, 0.2) is 5.82 Å². The number of nitrogens with one attached hydrogen (secondary N) is 1. The van der Waals surface area contributed by atoms with E-state index in [0.717, 1.165) is 56.0 Å². The molecule has 1 fully saturated rings. The molecular formula is C22H30N4O. The molecule has 1 N–H and O–H groups in total. The molecule has 0 spiro atoms. The molecule has 2 aromatic rings. The number of rotatable bonds is 7. The third-order valence-corrected chi connectivity index (χ3v) is 5.19. The number of piperidine rings is 1. The molecule has 1 aromatic carbocycles. The van der Waals surface area contributed by atoms with E-state index in [0.29, 0.717) is 0 Å². The Kier molecular flexibility index (Phi) is 6.80. The van der Waals surface area contributed by atoms with Crippen molar-refractivity contribution in [2.75, 3.05) is 24.5 Å². The van der Waals surface area contributed by atoms with Gasteiger partial charge < -0.3 is 10.2 Å². The number of amides is 1. The van der Waals surface area contributed by atoms with Gasteiger partial charge in [-0.15, -0.1) is 10.2 Å². The molecule has 0 bridgehead atoms. The van der Waals surface area contributed by atoms with Gasteiger partial charge in [-0.05, 0) is 38.3 Å². The summed E-state index contributed by atoms with van der Waals surface area (Å²) < 4.78 is 0. The summed E-state index contributed by atoms with van der Waals surface area (Å²) in [5.74, 6) is 1.08. The Hall–Kier alpha value is -2.43. The van der Waals surface area contributed by atoms with Crippen LogP contribution in [0.4, 0.5) is 5.82 Å². The van der Waals surface area contributed by atoms with Gasteiger partial charge in [-0.25, -0.2) is 0 Å². The molecule has 1 amide bonds. The van der Waals surface area contributed by atoms with Crippen molar-refractivity contribution >= 4 is 11.7 Å². The van der Waals surface area contributed by atoms with Gasteiger partial charge in [0.1, 0.15) is 0 Å². The van der Waals surface area contributed by atoms with Gasteiger partial charge >= 0.3 is 0 Å². The van der Waals surface area contributed by atoms with Crippen molar-refractivity contribution in [3.63, 3.8) is 0 Å². The summed E-state index contributed by atoms with van der Waals surface area (Å²) >= 11 is 0. The number of aromatic nitrogens is 2. The second kappa shape index (κ2) is 9.49. The first-order chi connectivity index (χ1) is 13.2. The fourth-order valence-electron chi connectivity index (χ4n) is 3.50. The van der Waals surface area contributed by atoms with Crippen molar-refractivity contribution in [3.05, 3.63) is 42.0 Å². The van der Waals surface area contributed by atoms with E-state index < -0.39 is 0 Å². The number of carbonyl (C=O) groups excluding carboxylic acids is 1. The van der Waals surface area contributed by atoms with Crippen LogP contribution >= 0.6 is 0 Å². The highest BCUT2D eigenvalue weighted by Crippen LogP contribution is 2.23. The van der Waals surface area contributed by atoms with E-state index in [-0.39, 0.29) is 11.8 Å². The lowest BCUT2D eigenvalue weighted by atomic mass is 9.97. The molecule has 0 aliphatic carbocycles. The van der Waals surface area contributed by atoms with Crippen molar-refractivity contribution in [1.82, 2.24) is 15.5 Å². The first kappa shape index (κ1) is 19.3. The zero-order chi connectivity index (χ0) is 19.1. The molecule has 5 heteroatoms. The Morgan fingerprint density at radius 1 is 1.15 bits per heavy atom. The minimum Gasteiger partial charge on any atom is -0.356 e. The van der Waals surface area contributed by atoms with E-state index in [1.807, 2.05) is 12.1 Å². The van der Waals surface area contributed by atoms with Crippen LogP contribution in [0.3, 0.4) is 0 Å². The number of unbranched alkanes of at least 4 members (excludes halogenated alkanes) is 2. The molecule has 5 nitrogen and oxygen atoms in total. The van der Waals surface area contributed by atoms with Gasteiger partial charge in [-0.1, -0.05) is 49.6 Å². The SMILES string of the molecule is CCCCCNC(=O)[C@@H]1CCCN(c2ccc(-c3ccc(C)cc3)nn2)C1. The highest BCUT2D eigenvalue weighted by atomic mass is 16.1. The van der Waals surface area contributed by atoms with Gasteiger partial charge in [0.2, 0.25) is 5.91 Å². The van der Waals surface area contributed by atoms with Crippen LogP contribution in [-0.4, -0.2) is 35.7 Å². The average Bonchev–Trinajstić information content (AvgIpc) is 2.72. The van der Waals surface area contributed by atoms with Crippen molar-refractivity contribution < 1.29 is 4.79 Å². The van der Waals surface area contributed by atoms with Crippen LogP contribution in [0.2, 0.25) is 0 Å². The van der Waals surface area contributed by atoms with E-state index in [9.17, 15) is 4.79 Å². The normalized spacial score (nSPS) is 17.0. The standard InChI is InChI=1S/C22H30N4O/c1-3-4-5-14-23-22(27)19-7-6-15-26(16-19)21-13-12-20(24-25-21)18-10-8-17(2)9-11-18/h8-13,19H,3-7,14-16H2,1-2H3,(H,23,27)/t19-/m1/s1. The van der Waals surface area contributed by atoms with E-state index in [1.54, 1.807) is 0 Å². The average molecular weight is 367 g/mol. The second-order valence-electron chi connectivity index (χ2n) is 7.43. The van der Waals surface area contributed by atoms with Crippen molar-refractivity contribution in [3.8, 4) is 11.3 Å². The van der Waals surface area contributed by atoms with E-state index in [1.165, 1.54) is 18.4 Å². The number of aryl methyl sites for hydroxylation is 1. The lowest BCUT2D eigenvalue weighted by Crippen LogP contribution is -2.43. The second-order valence-corrected chi connectivity index (χ2v) is 7.43. The quantitative estimate of drug-likeness (QED) is 0.753. The summed E-state index contributed by atoms with van der Waals surface area (Å²) in [6.07, 6.45) is 5.36. The monoisotopic (exact) mass is 366 g/mol. The maximum atomic E-state index is 12.4. The van der Waals surface area contributed by atoms with Gasteiger partial charge in [-0.2, -0.15) is 0 Å². The highest BCUT2D eigenvalue weighted by Gasteiger charge is 2.26. The highest BCUT2D eigenvalue weighted by molar-refractivity contribution is 5.79. The fourth-order valence-corrected chi connectivity index (χ4v) is 3.50. The van der Waals surface area contributed by atoms with Crippen molar-refractivity contribution in [1.29, 1.82) is 0 Å². The summed E-state index contributed by atoms with van der Waals surface area (Å²) in [5.41, 5.74) is 3.18. The van der Waals surface area contributed by atoms with E-state index in [4.69, 9.17) is 0 Å². The molecule has 27 heavy (non-hydrogen) atoms. The molecule has 3 rings (SSSR count). The zero-order valence-corrected chi connectivity index (χ0v) is 16.4. The van der Waals surface area contributed by atoms with Crippen molar-refractivity contribution in [2.45, 2.75) is 46.0 Å². The van der Waals surface area contributed by atoms with Crippen molar-refractivity contribution in [2.24, 2.45) is 5.92 Å². The van der Waals surface area contributed by atoms with Crippen LogP contribution in [0.15, 0.2) is 36.4 Å². The fraction of sp³-hybridized carbons (Fsp3) is 0.500. The summed E-state index contributed by atoms with van der Waals surface area (Å²) in [5, 5.41) is 11.9. The molecule has 144 valence electrons. The van der Waals surface area contributed by atoms with E-state index >= 15 is 0 Å². The van der Waals surface area contributed by atoms with Crippen LogP contribution in [0, 0.1) is 12.8 Å². The minimum atomic E-state index is 0.0407. The minimum absolute atomic E-state index is 0.0407. The van der Waals surface area contributed by atoms with Crippen LogP contribution < -0.4 is 10.2 Å². The predicted octanol–water partition coefficient (Wildman–Crippen LogP) is 3.97. The van der Waals surface area contributed by atoms with Crippen LogP contribution in [0.25, 0.3) is 11.3 Å². The summed E-state index contributed by atoms with van der Waals surface area (Å²) in [7, 11) is 0. The molecule has 1 aliphatic rings. The summed E-state index contributed by atoms with van der Waals surface area (Å²) in [6, 6.07) is 12.3. The summed E-state index contributed by atoms with van der Waals surface area (Å²) in [4.78, 5) is 14.6. The zero-order valence-electron chi connectivity index (χ0n) is 16.4. The van der Waals surface area contributed by atoms with Crippen LogP contribution in [0.1, 0.15) is 44.6 Å². The number of nitrogens with zero attached hydrogens (tertiary/aromatic N) is 3. The predicted molar refractivity (Wildman–Crippen MR) is 110 cm³/mol. The number of anilines is 1. The largest absolute Gasteiger partial charge is 0.356 e. The molecular weight excluding hydrogens is 336 g/mol. The Morgan fingerprint density at radius 3 is 2.67 bits per heavy atom. The molecule has 0 radical (unpaired) electrons. The number of carbonyl (C=O) groups is 1. The number of hydrogen-bond donors (Lipinski definition) is 1. The Bertz CT molecular complexity index is 727. The van der Waals surface area contributed by atoms with Crippen LogP contribution in [-0.2, 0) is 4.79 Å². The van der Waals surface area contributed by atoms with E-state index in [2.05, 4.69) is 58.5 Å². The first-order valence-corrected chi connectivity index (χ1v) is 10.1. The molecule has 1 atom stereocenters. The molecule has 2 heterocycles. The third kappa shape index (κ3) is 5.28. The van der Waals surface area contributed by atoms with Gasteiger partial charge in [0.25, 0.3) is 0 Å². The first-order valence-electron chi connectivity index (χ1n) is 10.1. The maximum absolute atomic E-state index is 12.4.